The first-order valence-electron chi connectivity index (χ1n) is 6.22. The normalized spacial score (nSPS) is 20.1. The van der Waals surface area contributed by atoms with Gasteiger partial charge in [0.25, 0.3) is 5.56 Å². The Morgan fingerprint density at radius 1 is 1.41 bits per heavy atom. The number of rotatable bonds is 3. The Kier molecular flexibility index (Phi) is 2.73. The molecule has 0 aromatic carbocycles. The number of H-pyrrole nitrogens is 1. The third-order valence-corrected chi connectivity index (χ3v) is 3.63. The minimum absolute atomic E-state index is 0.0112. The number of hydrogen-bond donors (Lipinski definition) is 2. The van der Waals surface area contributed by atoms with Crippen LogP contribution in [-0.2, 0) is 6.54 Å². The quantitative estimate of drug-likeness (QED) is 0.837. The van der Waals surface area contributed by atoms with Crippen LogP contribution in [0.4, 0.5) is 0 Å². The molecule has 1 fully saturated rings. The van der Waals surface area contributed by atoms with Gasteiger partial charge in [0.15, 0.2) is 0 Å². The number of pyridine rings is 1. The highest BCUT2D eigenvalue weighted by atomic mass is 16.1. The van der Waals surface area contributed by atoms with Gasteiger partial charge in [-0.2, -0.15) is 0 Å². The lowest BCUT2D eigenvalue weighted by Gasteiger charge is -2.09. The summed E-state index contributed by atoms with van der Waals surface area (Å²) in [4.78, 5) is 14.5. The van der Waals surface area contributed by atoms with Gasteiger partial charge in [-0.3, -0.25) is 4.79 Å². The molecule has 0 bridgehead atoms. The molecule has 1 saturated heterocycles. The van der Waals surface area contributed by atoms with Gasteiger partial charge in [0.1, 0.15) is 5.52 Å². The van der Waals surface area contributed by atoms with Crippen molar-refractivity contribution in [3.63, 3.8) is 0 Å². The van der Waals surface area contributed by atoms with Crippen molar-refractivity contribution in [2.45, 2.75) is 19.4 Å². The molecule has 1 atom stereocenters. The Morgan fingerprint density at radius 3 is 3.18 bits per heavy atom. The number of aryl methyl sites for hydroxylation is 1. The van der Waals surface area contributed by atoms with Crippen LogP contribution in [0.15, 0.2) is 29.3 Å². The van der Waals surface area contributed by atoms with E-state index >= 15 is 0 Å². The Bertz CT molecular complexity index is 563. The third-order valence-electron chi connectivity index (χ3n) is 3.63. The summed E-state index contributed by atoms with van der Waals surface area (Å²) in [5, 5.41) is 4.40. The topological polar surface area (TPSA) is 49.8 Å². The van der Waals surface area contributed by atoms with Gasteiger partial charge in [-0.15, -0.1) is 0 Å². The average molecular weight is 231 g/mol. The number of nitrogens with zero attached hydrogens (tertiary/aromatic N) is 1. The van der Waals surface area contributed by atoms with Gasteiger partial charge in [-0.05, 0) is 44.0 Å². The lowest BCUT2D eigenvalue weighted by Crippen LogP contribution is -2.13. The summed E-state index contributed by atoms with van der Waals surface area (Å²) >= 11 is 0. The van der Waals surface area contributed by atoms with Crippen molar-refractivity contribution in [2.24, 2.45) is 5.92 Å². The number of aromatic nitrogens is 2. The zero-order valence-corrected chi connectivity index (χ0v) is 9.78. The molecule has 4 heteroatoms. The van der Waals surface area contributed by atoms with E-state index in [0.29, 0.717) is 0 Å². The van der Waals surface area contributed by atoms with Gasteiger partial charge in [-0.1, -0.05) is 0 Å². The first-order chi connectivity index (χ1) is 8.34. The lowest BCUT2D eigenvalue weighted by atomic mass is 10.1. The highest BCUT2D eigenvalue weighted by molar-refractivity contribution is 5.78. The molecule has 2 aromatic heterocycles. The van der Waals surface area contributed by atoms with Gasteiger partial charge >= 0.3 is 0 Å². The van der Waals surface area contributed by atoms with E-state index in [0.717, 1.165) is 42.9 Å². The van der Waals surface area contributed by atoms with Crippen LogP contribution in [0.5, 0.6) is 0 Å². The summed E-state index contributed by atoms with van der Waals surface area (Å²) in [6.45, 7) is 3.19. The van der Waals surface area contributed by atoms with Crippen LogP contribution in [0, 0.1) is 5.92 Å². The molecule has 0 spiro atoms. The average Bonchev–Trinajstić information content (AvgIpc) is 2.95. The fourth-order valence-corrected chi connectivity index (χ4v) is 2.63. The smallest absolute Gasteiger partial charge is 0.272 e. The molecule has 2 N–H and O–H groups in total. The molecular weight excluding hydrogens is 214 g/mol. The summed E-state index contributed by atoms with van der Waals surface area (Å²) in [6, 6.07) is 3.96. The maximum absolute atomic E-state index is 11.8. The molecule has 2 aromatic rings. The van der Waals surface area contributed by atoms with Crippen molar-refractivity contribution in [3.05, 3.63) is 34.9 Å². The molecule has 4 nitrogen and oxygen atoms in total. The van der Waals surface area contributed by atoms with Gasteiger partial charge in [0, 0.05) is 24.3 Å². The molecule has 3 heterocycles. The van der Waals surface area contributed by atoms with Crippen LogP contribution in [0.2, 0.25) is 0 Å². The zero-order valence-electron chi connectivity index (χ0n) is 9.78. The molecule has 0 amide bonds. The van der Waals surface area contributed by atoms with Crippen LogP contribution in [0.3, 0.4) is 0 Å². The fraction of sp³-hybridized carbons (Fsp3) is 0.462. The van der Waals surface area contributed by atoms with Crippen LogP contribution >= 0.6 is 0 Å². The summed E-state index contributed by atoms with van der Waals surface area (Å²) in [5.41, 5.74) is 0.815. The van der Waals surface area contributed by atoms with Crippen LogP contribution in [0.1, 0.15) is 12.8 Å². The van der Waals surface area contributed by atoms with Crippen molar-refractivity contribution < 1.29 is 0 Å². The minimum Gasteiger partial charge on any atom is -0.343 e. The van der Waals surface area contributed by atoms with E-state index in [-0.39, 0.29) is 5.56 Å². The number of hydrogen-bond acceptors (Lipinski definition) is 2. The second kappa shape index (κ2) is 4.37. The standard InChI is InChI=1S/C13H17N3O/c17-13-12-11(2-6-15-13)4-8-16(12)7-3-10-1-5-14-9-10/h2,4,6,8,10,14H,1,3,5,7,9H2,(H,15,17). The van der Waals surface area contributed by atoms with Crippen molar-refractivity contribution in [1.82, 2.24) is 14.9 Å². The first-order valence-corrected chi connectivity index (χ1v) is 6.22. The predicted molar refractivity (Wildman–Crippen MR) is 68.2 cm³/mol. The van der Waals surface area contributed by atoms with E-state index in [1.54, 1.807) is 6.20 Å². The third kappa shape index (κ3) is 2.00. The molecule has 0 aliphatic carbocycles. The highest BCUT2D eigenvalue weighted by Gasteiger charge is 2.14. The predicted octanol–water partition coefficient (Wildman–Crippen LogP) is 1.33. The second-order valence-corrected chi connectivity index (χ2v) is 4.77. The summed E-state index contributed by atoms with van der Waals surface area (Å²) in [7, 11) is 0. The van der Waals surface area contributed by atoms with E-state index in [4.69, 9.17) is 0 Å². The first kappa shape index (κ1) is 10.6. The summed E-state index contributed by atoms with van der Waals surface area (Å²) in [5.74, 6) is 0.759. The van der Waals surface area contributed by atoms with E-state index in [9.17, 15) is 4.79 Å². The van der Waals surface area contributed by atoms with Gasteiger partial charge in [0.2, 0.25) is 0 Å². The molecule has 3 rings (SSSR count). The monoisotopic (exact) mass is 231 g/mol. The molecular formula is C13H17N3O. The molecule has 0 saturated carbocycles. The molecule has 1 unspecified atom stereocenters. The van der Waals surface area contributed by atoms with E-state index in [1.165, 1.54) is 6.42 Å². The van der Waals surface area contributed by atoms with E-state index in [2.05, 4.69) is 14.9 Å². The van der Waals surface area contributed by atoms with Crippen LogP contribution in [0.25, 0.3) is 10.9 Å². The van der Waals surface area contributed by atoms with Crippen LogP contribution < -0.4 is 10.9 Å². The molecule has 0 radical (unpaired) electrons. The zero-order chi connectivity index (χ0) is 11.7. The van der Waals surface area contributed by atoms with Crippen molar-refractivity contribution >= 4 is 10.9 Å². The maximum atomic E-state index is 11.8. The fourth-order valence-electron chi connectivity index (χ4n) is 2.63. The highest BCUT2D eigenvalue weighted by Crippen LogP contribution is 2.16. The Hall–Kier alpha value is -1.55. The largest absolute Gasteiger partial charge is 0.343 e. The molecule has 1 aliphatic rings. The summed E-state index contributed by atoms with van der Waals surface area (Å²) < 4.78 is 2.08. The van der Waals surface area contributed by atoms with E-state index < -0.39 is 0 Å². The Labute approximate surface area is 99.6 Å². The van der Waals surface area contributed by atoms with Crippen molar-refractivity contribution in [2.75, 3.05) is 13.1 Å². The Balaban J connectivity index is 1.82. The van der Waals surface area contributed by atoms with Crippen molar-refractivity contribution in [1.29, 1.82) is 0 Å². The van der Waals surface area contributed by atoms with Crippen molar-refractivity contribution in [3.8, 4) is 0 Å². The lowest BCUT2D eigenvalue weighted by molar-refractivity contribution is 0.486. The number of nitrogens with one attached hydrogen (secondary N) is 2. The van der Waals surface area contributed by atoms with Gasteiger partial charge < -0.3 is 14.9 Å². The second-order valence-electron chi connectivity index (χ2n) is 4.77. The maximum Gasteiger partial charge on any atom is 0.272 e. The molecule has 90 valence electrons. The van der Waals surface area contributed by atoms with E-state index in [1.807, 2.05) is 18.3 Å². The van der Waals surface area contributed by atoms with Gasteiger partial charge in [0.05, 0.1) is 0 Å². The molecule has 1 aliphatic heterocycles. The molecule has 17 heavy (non-hydrogen) atoms. The minimum atomic E-state index is 0.0112. The Morgan fingerprint density at radius 2 is 2.35 bits per heavy atom. The SMILES string of the molecule is O=c1[nH]ccc2ccn(CCC3CCNC3)c12. The van der Waals surface area contributed by atoms with Gasteiger partial charge in [-0.25, -0.2) is 0 Å². The van der Waals surface area contributed by atoms with Crippen LogP contribution in [-0.4, -0.2) is 22.6 Å². The number of fused-ring (bicyclic) bond motifs is 1. The number of aromatic amines is 1. The summed E-state index contributed by atoms with van der Waals surface area (Å²) in [6.07, 6.45) is 6.12.